The first-order valence-corrected chi connectivity index (χ1v) is 17.2. The van der Waals surface area contributed by atoms with E-state index in [1.165, 1.54) is 32.5 Å². The van der Waals surface area contributed by atoms with Crippen LogP contribution in [0.5, 0.6) is 0 Å². The van der Waals surface area contributed by atoms with Gasteiger partial charge in [-0.1, -0.05) is 72.8 Å². The van der Waals surface area contributed by atoms with Crippen LogP contribution in [0, 0.1) is 0 Å². The van der Waals surface area contributed by atoms with Gasteiger partial charge in [-0.2, -0.15) is 0 Å². The van der Waals surface area contributed by atoms with Crippen LogP contribution in [-0.2, 0) is 0 Å². The molecule has 0 fully saturated rings. The number of pyridine rings is 1. The van der Waals surface area contributed by atoms with Crippen LogP contribution in [-0.4, -0.2) is 4.98 Å². The molecule has 0 aliphatic heterocycles. The van der Waals surface area contributed by atoms with Crippen molar-refractivity contribution in [3.63, 3.8) is 0 Å². The molecule has 0 atom stereocenters. The standard InChI is InChI=1S/C47H28N2O2/c1-3-7-32-24-44-42(22-30(32)5-1)40-17-15-38(26-46(40)50-44)49(37-13-11-29(12-14-37)34-9-10-36-28-48-20-19-35(36)21-34)39-16-18-41-43-23-31-6-2-4-8-33(31)25-45(43)51-47(41)27-39/h1-28H. The summed E-state index contributed by atoms with van der Waals surface area (Å²) in [5.41, 5.74) is 8.82. The number of aromatic nitrogens is 1. The Bertz CT molecular complexity index is 3000. The zero-order valence-electron chi connectivity index (χ0n) is 27.4. The summed E-state index contributed by atoms with van der Waals surface area (Å²) in [6.07, 6.45) is 3.75. The second-order valence-corrected chi connectivity index (χ2v) is 13.3. The molecule has 0 amide bonds. The normalized spacial score (nSPS) is 11.9. The van der Waals surface area contributed by atoms with Crippen LogP contribution >= 0.6 is 0 Å². The average molecular weight is 653 g/mol. The van der Waals surface area contributed by atoms with E-state index in [4.69, 9.17) is 8.83 Å². The lowest BCUT2D eigenvalue weighted by Gasteiger charge is -2.25. The molecule has 11 rings (SSSR count). The summed E-state index contributed by atoms with van der Waals surface area (Å²) in [7, 11) is 0. The van der Waals surface area contributed by atoms with Gasteiger partial charge >= 0.3 is 0 Å². The topological polar surface area (TPSA) is 42.4 Å². The maximum Gasteiger partial charge on any atom is 0.137 e. The van der Waals surface area contributed by atoms with Gasteiger partial charge in [-0.05, 0) is 111 Å². The second kappa shape index (κ2) is 10.8. The zero-order valence-corrected chi connectivity index (χ0v) is 27.4. The SMILES string of the molecule is c1ccc2cc3c(cc2c1)oc1cc(N(c2ccc(-c4ccc5cnccc5c4)cc2)c2ccc4c(c2)oc2cc5ccccc5cc24)ccc13. The molecule has 0 radical (unpaired) electrons. The van der Waals surface area contributed by atoms with Crippen molar-refractivity contribution in [1.29, 1.82) is 0 Å². The number of rotatable bonds is 4. The van der Waals surface area contributed by atoms with Crippen molar-refractivity contribution in [3.05, 3.63) is 170 Å². The Morgan fingerprint density at radius 3 is 1.43 bits per heavy atom. The number of hydrogen-bond donors (Lipinski definition) is 0. The zero-order chi connectivity index (χ0) is 33.5. The minimum atomic E-state index is 0.849. The highest BCUT2D eigenvalue weighted by Crippen LogP contribution is 2.42. The molecule has 238 valence electrons. The minimum Gasteiger partial charge on any atom is -0.456 e. The summed E-state index contributed by atoms with van der Waals surface area (Å²) in [5.74, 6) is 0. The molecule has 51 heavy (non-hydrogen) atoms. The van der Waals surface area contributed by atoms with E-state index >= 15 is 0 Å². The van der Waals surface area contributed by atoms with E-state index in [2.05, 4.69) is 168 Å². The van der Waals surface area contributed by atoms with Gasteiger partial charge in [0.1, 0.15) is 22.3 Å². The molecule has 0 spiro atoms. The van der Waals surface area contributed by atoms with Crippen LogP contribution in [0.3, 0.4) is 0 Å². The van der Waals surface area contributed by atoms with Gasteiger partial charge in [0.15, 0.2) is 0 Å². The number of fused-ring (bicyclic) bond motifs is 9. The first-order chi connectivity index (χ1) is 25.2. The van der Waals surface area contributed by atoms with Crippen molar-refractivity contribution in [2.45, 2.75) is 0 Å². The Balaban J connectivity index is 1.07. The highest BCUT2D eigenvalue weighted by Gasteiger charge is 2.18. The maximum absolute atomic E-state index is 6.53. The largest absolute Gasteiger partial charge is 0.456 e. The number of benzene rings is 8. The van der Waals surface area contributed by atoms with Crippen molar-refractivity contribution in [1.82, 2.24) is 4.98 Å². The average Bonchev–Trinajstić information content (AvgIpc) is 3.72. The summed E-state index contributed by atoms with van der Waals surface area (Å²) in [4.78, 5) is 6.55. The van der Waals surface area contributed by atoms with Gasteiger partial charge in [0.2, 0.25) is 0 Å². The quantitative estimate of drug-likeness (QED) is 0.190. The van der Waals surface area contributed by atoms with E-state index in [0.717, 1.165) is 71.9 Å². The van der Waals surface area contributed by atoms with Crippen molar-refractivity contribution in [2.24, 2.45) is 0 Å². The lowest BCUT2D eigenvalue weighted by molar-refractivity contribution is 0.669. The fourth-order valence-electron chi connectivity index (χ4n) is 7.69. The third kappa shape index (κ3) is 4.50. The summed E-state index contributed by atoms with van der Waals surface area (Å²) in [5, 5.41) is 11.5. The molecule has 3 aromatic heterocycles. The highest BCUT2D eigenvalue weighted by molar-refractivity contribution is 6.12. The molecule has 0 bridgehead atoms. The first-order valence-electron chi connectivity index (χ1n) is 17.2. The van der Waals surface area contributed by atoms with Crippen molar-refractivity contribution in [3.8, 4) is 11.1 Å². The summed E-state index contributed by atoms with van der Waals surface area (Å²) < 4.78 is 13.1. The fourth-order valence-corrected chi connectivity index (χ4v) is 7.69. The summed E-state index contributed by atoms with van der Waals surface area (Å²) in [6, 6.07) is 56.0. The molecule has 11 aromatic rings. The van der Waals surface area contributed by atoms with Crippen LogP contribution in [0.25, 0.3) is 87.3 Å². The van der Waals surface area contributed by atoms with E-state index in [9.17, 15) is 0 Å². The van der Waals surface area contributed by atoms with Gasteiger partial charge in [0, 0.05) is 68.5 Å². The van der Waals surface area contributed by atoms with Crippen LogP contribution in [0.1, 0.15) is 0 Å². The minimum absolute atomic E-state index is 0.849. The number of furan rings is 2. The van der Waals surface area contributed by atoms with Crippen LogP contribution < -0.4 is 4.90 Å². The van der Waals surface area contributed by atoms with Gasteiger partial charge in [-0.25, -0.2) is 0 Å². The van der Waals surface area contributed by atoms with Crippen LogP contribution in [0.2, 0.25) is 0 Å². The van der Waals surface area contributed by atoms with Gasteiger partial charge in [-0.3, -0.25) is 4.98 Å². The Morgan fingerprint density at radius 1 is 0.353 bits per heavy atom. The Morgan fingerprint density at radius 2 is 0.843 bits per heavy atom. The Hall–Kier alpha value is -6.91. The van der Waals surface area contributed by atoms with Crippen molar-refractivity contribution >= 4 is 93.3 Å². The molecule has 8 aromatic carbocycles. The first kappa shape index (κ1) is 28.0. The predicted molar refractivity (Wildman–Crippen MR) is 211 cm³/mol. The van der Waals surface area contributed by atoms with E-state index in [0.29, 0.717) is 0 Å². The van der Waals surface area contributed by atoms with E-state index in [-0.39, 0.29) is 0 Å². The molecule has 0 N–H and O–H groups in total. The van der Waals surface area contributed by atoms with Crippen LogP contribution in [0.15, 0.2) is 179 Å². The summed E-state index contributed by atoms with van der Waals surface area (Å²) in [6.45, 7) is 0. The number of anilines is 3. The molecule has 4 heteroatoms. The van der Waals surface area contributed by atoms with Crippen molar-refractivity contribution in [2.75, 3.05) is 4.90 Å². The monoisotopic (exact) mass is 652 g/mol. The van der Waals surface area contributed by atoms with Gasteiger partial charge < -0.3 is 13.7 Å². The number of hydrogen-bond acceptors (Lipinski definition) is 4. The third-order valence-corrected chi connectivity index (χ3v) is 10.3. The predicted octanol–water partition coefficient (Wildman–Crippen LogP) is 13.5. The smallest absolute Gasteiger partial charge is 0.137 e. The lowest BCUT2D eigenvalue weighted by atomic mass is 10.0. The van der Waals surface area contributed by atoms with Gasteiger partial charge in [0.25, 0.3) is 0 Å². The molecular weight excluding hydrogens is 625 g/mol. The fraction of sp³-hybridized carbons (Fsp3) is 0. The van der Waals surface area contributed by atoms with Gasteiger partial charge in [-0.15, -0.1) is 0 Å². The second-order valence-electron chi connectivity index (χ2n) is 13.3. The van der Waals surface area contributed by atoms with E-state index in [1.807, 2.05) is 12.4 Å². The van der Waals surface area contributed by atoms with E-state index in [1.54, 1.807) is 0 Å². The number of nitrogens with zero attached hydrogens (tertiary/aromatic N) is 2. The molecule has 0 unspecified atom stereocenters. The molecule has 0 saturated carbocycles. The van der Waals surface area contributed by atoms with Crippen molar-refractivity contribution < 1.29 is 8.83 Å². The molecule has 0 aliphatic carbocycles. The third-order valence-electron chi connectivity index (χ3n) is 10.3. The maximum atomic E-state index is 6.53. The Labute approximate surface area is 292 Å². The Kier molecular flexibility index (Phi) is 5.92. The molecular formula is C47H28N2O2. The molecule has 0 saturated heterocycles. The highest BCUT2D eigenvalue weighted by atomic mass is 16.3. The molecule has 0 aliphatic rings. The van der Waals surface area contributed by atoms with Gasteiger partial charge in [0.05, 0.1) is 0 Å². The molecule has 4 nitrogen and oxygen atoms in total. The summed E-state index contributed by atoms with van der Waals surface area (Å²) >= 11 is 0. The molecule has 3 heterocycles. The van der Waals surface area contributed by atoms with Crippen LogP contribution in [0.4, 0.5) is 17.1 Å². The lowest BCUT2D eigenvalue weighted by Crippen LogP contribution is -2.09. The van der Waals surface area contributed by atoms with E-state index < -0.39 is 0 Å².